The standard InChI is InChI=1S/C18H21ClN2O2/c1-20-11-5-10-18(22)21-16-8-2-3-9-17(16)23-13-14-6-4-7-15(19)12-14/h2-4,6-9,12,20H,5,10-11,13H2,1H3,(H,21,22). The maximum Gasteiger partial charge on any atom is 0.224 e. The van der Waals surface area contributed by atoms with Crippen molar-refractivity contribution in [1.82, 2.24) is 5.32 Å². The average molecular weight is 333 g/mol. The van der Waals surface area contributed by atoms with Gasteiger partial charge in [-0.1, -0.05) is 35.9 Å². The molecule has 5 heteroatoms. The van der Waals surface area contributed by atoms with Crippen LogP contribution in [-0.2, 0) is 11.4 Å². The Balaban J connectivity index is 1.95. The van der Waals surface area contributed by atoms with Gasteiger partial charge < -0.3 is 15.4 Å². The van der Waals surface area contributed by atoms with E-state index in [1.54, 1.807) is 0 Å². The zero-order valence-corrected chi connectivity index (χ0v) is 13.9. The minimum atomic E-state index is -0.0148. The molecule has 0 unspecified atom stereocenters. The van der Waals surface area contributed by atoms with Gasteiger partial charge in [0.1, 0.15) is 12.4 Å². The van der Waals surface area contributed by atoms with Gasteiger partial charge >= 0.3 is 0 Å². The Labute approximate surface area is 141 Å². The molecule has 0 radical (unpaired) electrons. The molecule has 122 valence electrons. The first kappa shape index (κ1) is 17.3. The third-order valence-corrected chi connectivity index (χ3v) is 3.51. The highest BCUT2D eigenvalue weighted by atomic mass is 35.5. The van der Waals surface area contributed by atoms with Crippen LogP contribution in [0.25, 0.3) is 0 Å². The second kappa shape index (κ2) is 9.18. The van der Waals surface area contributed by atoms with E-state index in [2.05, 4.69) is 10.6 Å². The second-order valence-corrected chi connectivity index (χ2v) is 5.61. The fourth-order valence-corrected chi connectivity index (χ4v) is 2.33. The Morgan fingerprint density at radius 3 is 2.78 bits per heavy atom. The van der Waals surface area contributed by atoms with Crippen LogP contribution < -0.4 is 15.4 Å². The number of anilines is 1. The summed E-state index contributed by atoms with van der Waals surface area (Å²) >= 11 is 5.97. The van der Waals surface area contributed by atoms with Crippen molar-refractivity contribution in [3.05, 3.63) is 59.1 Å². The number of rotatable bonds is 8. The fraction of sp³-hybridized carbons (Fsp3) is 0.278. The molecule has 2 N–H and O–H groups in total. The second-order valence-electron chi connectivity index (χ2n) is 5.17. The number of halogens is 1. The van der Waals surface area contributed by atoms with E-state index in [4.69, 9.17) is 16.3 Å². The minimum Gasteiger partial charge on any atom is -0.487 e. The minimum absolute atomic E-state index is 0.0148. The number of para-hydroxylation sites is 2. The molecule has 0 saturated heterocycles. The predicted octanol–water partition coefficient (Wildman–Crippen LogP) is 3.86. The van der Waals surface area contributed by atoms with Crippen LogP contribution in [0.2, 0.25) is 5.02 Å². The topological polar surface area (TPSA) is 50.4 Å². The van der Waals surface area contributed by atoms with Crippen molar-refractivity contribution >= 4 is 23.2 Å². The van der Waals surface area contributed by atoms with Crippen LogP contribution >= 0.6 is 11.6 Å². The molecule has 0 spiro atoms. The Morgan fingerprint density at radius 1 is 1.17 bits per heavy atom. The molecule has 2 aromatic carbocycles. The number of carbonyl (C=O) groups excluding carboxylic acids is 1. The molecule has 0 saturated carbocycles. The summed E-state index contributed by atoms with van der Waals surface area (Å²) in [5, 5.41) is 6.60. The van der Waals surface area contributed by atoms with Gasteiger partial charge in [-0.15, -0.1) is 0 Å². The highest BCUT2D eigenvalue weighted by Gasteiger charge is 2.07. The lowest BCUT2D eigenvalue weighted by Crippen LogP contribution is -2.15. The number of hydrogen-bond donors (Lipinski definition) is 2. The molecule has 2 rings (SSSR count). The van der Waals surface area contributed by atoms with Crippen molar-refractivity contribution in [2.75, 3.05) is 18.9 Å². The predicted molar refractivity (Wildman–Crippen MR) is 94.0 cm³/mol. The van der Waals surface area contributed by atoms with Crippen molar-refractivity contribution in [3.8, 4) is 5.75 Å². The van der Waals surface area contributed by atoms with Crippen LogP contribution in [0.15, 0.2) is 48.5 Å². The van der Waals surface area contributed by atoms with E-state index in [9.17, 15) is 4.79 Å². The SMILES string of the molecule is CNCCCC(=O)Nc1ccccc1OCc1cccc(Cl)c1. The fourth-order valence-electron chi connectivity index (χ4n) is 2.12. The van der Waals surface area contributed by atoms with E-state index < -0.39 is 0 Å². The van der Waals surface area contributed by atoms with Crippen molar-refractivity contribution in [2.24, 2.45) is 0 Å². The van der Waals surface area contributed by atoms with Gasteiger partial charge in [0.15, 0.2) is 0 Å². The average Bonchev–Trinajstić information content (AvgIpc) is 2.54. The molecule has 0 heterocycles. The molecule has 23 heavy (non-hydrogen) atoms. The van der Waals surface area contributed by atoms with Gasteiger partial charge in [0.2, 0.25) is 5.91 Å². The highest BCUT2D eigenvalue weighted by Crippen LogP contribution is 2.25. The van der Waals surface area contributed by atoms with Gasteiger partial charge in [0, 0.05) is 11.4 Å². The number of amides is 1. The molecule has 0 fully saturated rings. The van der Waals surface area contributed by atoms with Gasteiger partial charge in [-0.3, -0.25) is 4.79 Å². The van der Waals surface area contributed by atoms with Gasteiger partial charge in [0.05, 0.1) is 5.69 Å². The van der Waals surface area contributed by atoms with Crippen molar-refractivity contribution in [2.45, 2.75) is 19.4 Å². The summed E-state index contributed by atoms with van der Waals surface area (Å²) in [6.45, 7) is 1.22. The lowest BCUT2D eigenvalue weighted by atomic mass is 10.2. The number of ether oxygens (including phenoxy) is 1. The molecular formula is C18H21ClN2O2. The number of hydrogen-bond acceptors (Lipinski definition) is 3. The van der Waals surface area contributed by atoms with Crippen LogP contribution in [0, 0.1) is 0 Å². The molecule has 0 atom stereocenters. The summed E-state index contributed by atoms with van der Waals surface area (Å²) in [5.41, 5.74) is 1.66. The van der Waals surface area contributed by atoms with E-state index in [0.717, 1.165) is 18.5 Å². The van der Waals surface area contributed by atoms with Gasteiger partial charge in [-0.25, -0.2) is 0 Å². The van der Waals surface area contributed by atoms with E-state index in [1.165, 1.54) is 0 Å². The highest BCUT2D eigenvalue weighted by molar-refractivity contribution is 6.30. The van der Waals surface area contributed by atoms with E-state index in [1.807, 2.05) is 55.6 Å². The maximum atomic E-state index is 11.9. The summed E-state index contributed by atoms with van der Waals surface area (Å²) in [6.07, 6.45) is 1.28. The Kier molecular flexibility index (Phi) is 6.91. The molecule has 0 aliphatic rings. The molecule has 0 aliphatic heterocycles. The largest absolute Gasteiger partial charge is 0.487 e. The zero-order valence-electron chi connectivity index (χ0n) is 13.1. The summed E-state index contributed by atoms with van der Waals surface area (Å²) in [7, 11) is 1.87. The smallest absolute Gasteiger partial charge is 0.224 e. The molecule has 0 aromatic heterocycles. The molecule has 0 aliphatic carbocycles. The number of benzene rings is 2. The molecule has 2 aromatic rings. The van der Waals surface area contributed by atoms with Crippen molar-refractivity contribution < 1.29 is 9.53 Å². The van der Waals surface area contributed by atoms with Crippen LogP contribution in [0.1, 0.15) is 18.4 Å². The summed E-state index contributed by atoms with van der Waals surface area (Å²) in [6, 6.07) is 14.9. The van der Waals surface area contributed by atoms with Crippen molar-refractivity contribution in [1.29, 1.82) is 0 Å². The monoisotopic (exact) mass is 332 g/mol. The van der Waals surface area contributed by atoms with E-state index >= 15 is 0 Å². The molecule has 0 bridgehead atoms. The summed E-state index contributed by atoms with van der Waals surface area (Å²) < 4.78 is 5.82. The lowest BCUT2D eigenvalue weighted by Gasteiger charge is -2.12. The van der Waals surface area contributed by atoms with Crippen LogP contribution in [0.5, 0.6) is 5.75 Å². The van der Waals surface area contributed by atoms with Crippen LogP contribution in [0.4, 0.5) is 5.69 Å². The number of nitrogens with one attached hydrogen (secondary N) is 2. The summed E-state index contributed by atoms with van der Waals surface area (Å²) in [4.78, 5) is 11.9. The quantitative estimate of drug-likeness (QED) is 0.722. The maximum absolute atomic E-state index is 11.9. The first-order valence-corrected chi connectivity index (χ1v) is 7.97. The summed E-state index contributed by atoms with van der Waals surface area (Å²) in [5.74, 6) is 0.633. The van der Waals surface area contributed by atoms with Crippen LogP contribution in [-0.4, -0.2) is 19.5 Å². The Hall–Kier alpha value is -2.04. The normalized spacial score (nSPS) is 10.3. The molecular weight excluding hydrogens is 312 g/mol. The first-order chi connectivity index (χ1) is 11.2. The lowest BCUT2D eigenvalue weighted by molar-refractivity contribution is -0.116. The third kappa shape index (κ3) is 5.93. The third-order valence-electron chi connectivity index (χ3n) is 3.28. The van der Waals surface area contributed by atoms with E-state index in [0.29, 0.717) is 29.5 Å². The van der Waals surface area contributed by atoms with Gasteiger partial charge in [0.25, 0.3) is 0 Å². The molecule has 1 amide bonds. The number of carbonyl (C=O) groups is 1. The zero-order chi connectivity index (χ0) is 16.5. The van der Waals surface area contributed by atoms with Gasteiger partial charge in [-0.2, -0.15) is 0 Å². The Morgan fingerprint density at radius 2 is 2.00 bits per heavy atom. The van der Waals surface area contributed by atoms with Crippen molar-refractivity contribution in [3.63, 3.8) is 0 Å². The van der Waals surface area contributed by atoms with Gasteiger partial charge in [-0.05, 0) is 49.8 Å². The molecule has 4 nitrogen and oxygen atoms in total. The first-order valence-electron chi connectivity index (χ1n) is 7.60. The van der Waals surface area contributed by atoms with Crippen LogP contribution in [0.3, 0.4) is 0 Å². The van der Waals surface area contributed by atoms with E-state index in [-0.39, 0.29) is 5.91 Å². The Bertz CT molecular complexity index is 646.